The van der Waals surface area contributed by atoms with Gasteiger partial charge in [0.05, 0.1) is 22.4 Å². The molecule has 0 saturated heterocycles. The second-order valence-corrected chi connectivity index (χ2v) is 6.47. The van der Waals surface area contributed by atoms with Gasteiger partial charge in [0.1, 0.15) is 0 Å². The summed E-state index contributed by atoms with van der Waals surface area (Å²) in [5.74, 6) is 1.80. The fourth-order valence-electron chi connectivity index (χ4n) is 2.64. The van der Waals surface area contributed by atoms with Crippen molar-refractivity contribution < 1.29 is 0 Å². The Bertz CT molecular complexity index is 886. The van der Waals surface area contributed by atoms with Gasteiger partial charge in [-0.1, -0.05) is 48.5 Å². The standard InChI is InChI=1S/C20H16N2S/c1-3-7-19-15(5-1)9-11-17(21-19)13-23-14-18-12-10-16-6-2-4-8-20(16)22-18/h1-12H,13-14H2. The molecule has 0 fully saturated rings. The van der Waals surface area contributed by atoms with Crippen LogP contribution in [0.1, 0.15) is 11.4 Å². The van der Waals surface area contributed by atoms with E-state index in [1.807, 2.05) is 36.0 Å². The van der Waals surface area contributed by atoms with Gasteiger partial charge in [-0.15, -0.1) is 11.8 Å². The van der Waals surface area contributed by atoms with Gasteiger partial charge >= 0.3 is 0 Å². The minimum Gasteiger partial charge on any atom is -0.252 e. The largest absolute Gasteiger partial charge is 0.252 e. The molecule has 0 aliphatic heterocycles. The highest BCUT2D eigenvalue weighted by molar-refractivity contribution is 7.97. The molecule has 2 heterocycles. The molecule has 0 aliphatic carbocycles. The number of aromatic nitrogens is 2. The van der Waals surface area contributed by atoms with Gasteiger partial charge < -0.3 is 0 Å². The van der Waals surface area contributed by atoms with Crippen molar-refractivity contribution in [2.45, 2.75) is 11.5 Å². The minimum absolute atomic E-state index is 0.902. The van der Waals surface area contributed by atoms with E-state index in [1.165, 1.54) is 10.8 Å². The Kier molecular flexibility index (Phi) is 3.95. The molecule has 112 valence electrons. The third-order valence-electron chi connectivity index (χ3n) is 3.81. The van der Waals surface area contributed by atoms with Crippen LogP contribution in [-0.2, 0) is 11.5 Å². The monoisotopic (exact) mass is 316 g/mol. The Balaban J connectivity index is 1.45. The van der Waals surface area contributed by atoms with Crippen LogP contribution >= 0.6 is 11.8 Å². The Morgan fingerprint density at radius 1 is 0.565 bits per heavy atom. The number of thioether (sulfide) groups is 1. The average Bonchev–Trinajstić information content (AvgIpc) is 2.61. The average molecular weight is 316 g/mol. The van der Waals surface area contributed by atoms with Crippen molar-refractivity contribution in [1.29, 1.82) is 0 Å². The van der Waals surface area contributed by atoms with Gasteiger partial charge in [0, 0.05) is 22.3 Å². The molecule has 0 atom stereocenters. The molecular formula is C20H16N2S. The van der Waals surface area contributed by atoms with Crippen LogP contribution in [0.3, 0.4) is 0 Å². The topological polar surface area (TPSA) is 25.8 Å². The molecule has 0 aliphatic rings. The van der Waals surface area contributed by atoms with Gasteiger partial charge in [0.2, 0.25) is 0 Å². The maximum absolute atomic E-state index is 4.72. The third kappa shape index (κ3) is 3.20. The van der Waals surface area contributed by atoms with Crippen LogP contribution in [0.5, 0.6) is 0 Å². The number of pyridine rings is 2. The Morgan fingerprint density at radius 2 is 1.04 bits per heavy atom. The number of hydrogen-bond acceptors (Lipinski definition) is 3. The first-order valence-electron chi connectivity index (χ1n) is 7.65. The second kappa shape index (κ2) is 6.39. The molecule has 0 saturated carbocycles. The van der Waals surface area contributed by atoms with E-state index in [4.69, 9.17) is 9.97 Å². The number of hydrogen-bond donors (Lipinski definition) is 0. The number of benzene rings is 2. The summed E-state index contributed by atoms with van der Waals surface area (Å²) in [6.07, 6.45) is 0. The normalized spacial score (nSPS) is 11.1. The first-order chi connectivity index (χ1) is 11.4. The molecule has 0 radical (unpaired) electrons. The van der Waals surface area contributed by atoms with Gasteiger partial charge in [-0.3, -0.25) is 9.97 Å². The molecule has 0 N–H and O–H groups in total. The third-order valence-corrected chi connectivity index (χ3v) is 4.81. The van der Waals surface area contributed by atoms with Gasteiger partial charge in [-0.05, 0) is 24.3 Å². The van der Waals surface area contributed by atoms with Crippen LogP contribution in [0, 0.1) is 0 Å². The van der Waals surface area contributed by atoms with Crippen molar-refractivity contribution in [3.05, 3.63) is 84.2 Å². The summed E-state index contributed by atoms with van der Waals surface area (Å²) in [7, 11) is 0. The van der Waals surface area contributed by atoms with Gasteiger partial charge in [0.15, 0.2) is 0 Å². The van der Waals surface area contributed by atoms with Crippen LogP contribution in [0.4, 0.5) is 0 Å². The highest BCUT2D eigenvalue weighted by Crippen LogP contribution is 2.20. The van der Waals surface area contributed by atoms with Crippen LogP contribution in [0.2, 0.25) is 0 Å². The van der Waals surface area contributed by atoms with Crippen molar-refractivity contribution in [3.63, 3.8) is 0 Å². The van der Waals surface area contributed by atoms with E-state index >= 15 is 0 Å². The van der Waals surface area contributed by atoms with Crippen molar-refractivity contribution in [1.82, 2.24) is 9.97 Å². The number of fused-ring (bicyclic) bond motifs is 2. The van der Waals surface area contributed by atoms with Crippen LogP contribution in [0.25, 0.3) is 21.8 Å². The lowest BCUT2D eigenvalue weighted by Gasteiger charge is -2.04. The molecule has 0 unspecified atom stereocenters. The zero-order valence-corrected chi connectivity index (χ0v) is 13.5. The van der Waals surface area contributed by atoms with E-state index < -0.39 is 0 Å². The lowest BCUT2D eigenvalue weighted by Crippen LogP contribution is -1.91. The Labute approximate surface area is 139 Å². The lowest BCUT2D eigenvalue weighted by molar-refractivity contribution is 1.19. The molecule has 2 aromatic carbocycles. The second-order valence-electron chi connectivity index (χ2n) is 5.48. The lowest BCUT2D eigenvalue weighted by atomic mass is 10.2. The van der Waals surface area contributed by atoms with E-state index in [0.717, 1.165) is 33.9 Å². The van der Waals surface area contributed by atoms with Gasteiger partial charge in [-0.2, -0.15) is 0 Å². The molecule has 2 aromatic heterocycles. The minimum atomic E-state index is 0.902. The van der Waals surface area contributed by atoms with Crippen LogP contribution in [0.15, 0.2) is 72.8 Å². The van der Waals surface area contributed by atoms with Crippen LogP contribution < -0.4 is 0 Å². The maximum atomic E-state index is 4.72. The highest BCUT2D eigenvalue weighted by atomic mass is 32.2. The van der Waals surface area contributed by atoms with Gasteiger partial charge in [-0.25, -0.2) is 0 Å². The molecule has 0 bridgehead atoms. The predicted molar refractivity (Wildman–Crippen MR) is 98.5 cm³/mol. The molecule has 23 heavy (non-hydrogen) atoms. The molecule has 0 amide bonds. The van der Waals surface area contributed by atoms with E-state index in [-0.39, 0.29) is 0 Å². The number of para-hydroxylation sites is 2. The fraction of sp³-hybridized carbons (Fsp3) is 0.100. The predicted octanol–water partition coefficient (Wildman–Crippen LogP) is 5.22. The summed E-state index contributed by atoms with van der Waals surface area (Å²) in [6.45, 7) is 0. The summed E-state index contributed by atoms with van der Waals surface area (Å²) in [5.41, 5.74) is 4.37. The van der Waals surface area contributed by atoms with Crippen LogP contribution in [-0.4, -0.2) is 9.97 Å². The van der Waals surface area contributed by atoms with Gasteiger partial charge in [0.25, 0.3) is 0 Å². The molecular weight excluding hydrogens is 300 g/mol. The zero-order chi connectivity index (χ0) is 15.5. The first kappa shape index (κ1) is 14.2. The van der Waals surface area contributed by atoms with E-state index in [9.17, 15) is 0 Å². The quantitative estimate of drug-likeness (QED) is 0.516. The Hall–Kier alpha value is -2.39. The van der Waals surface area contributed by atoms with Crippen molar-refractivity contribution in [2.24, 2.45) is 0 Å². The summed E-state index contributed by atoms with van der Waals surface area (Å²) < 4.78 is 0. The molecule has 3 heteroatoms. The molecule has 0 spiro atoms. The zero-order valence-electron chi connectivity index (χ0n) is 12.6. The Morgan fingerprint density at radius 3 is 1.57 bits per heavy atom. The van der Waals surface area contributed by atoms with Crippen molar-refractivity contribution in [2.75, 3.05) is 0 Å². The fourth-order valence-corrected chi connectivity index (χ4v) is 3.48. The van der Waals surface area contributed by atoms with E-state index in [1.54, 1.807) is 0 Å². The summed E-state index contributed by atoms with van der Waals surface area (Å²) in [5, 5.41) is 2.38. The summed E-state index contributed by atoms with van der Waals surface area (Å²) in [4.78, 5) is 9.43. The number of rotatable bonds is 4. The molecule has 4 aromatic rings. The first-order valence-corrected chi connectivity index (χ1v) is 8.81. The van der Waals surface area contributed by atoms with E-state index in [2.05, 4.69) is 48.5 Å². The number of nitrogens with zero attached hydrogens (tertiary/aromatic N) is 2. The van der Waals surface area contributed by atoms with E-state index in [0.29, 0.717) is 0 Å². The molecule has 4 rings (SSSR count). The van der Waals surface area contributed by atoms with Crippen molar-refractivity contribution >= 4 is 33.6 Å². The SMILES string of the molecule is c1ccc2nc(CSCc3ccc4ccccc4n3)ccc2c1. The van der Waals surface area contributed by atoms with Crippen molar-refractivity contribution in [3.8, 4) is 0 Å². The molecule has 2 nitrogen and oxygen atoms in total. The summed E-state index contributed by atoms with van der Waals surface area (Å²) in [6, 6.07) is 25.0. The smallest absolute Gasteiger partial charge is 0.0705 e. The highest BCUT2D eigenvalue weighted by Gasteiger charge is 2.01. The maximum Gasteiger partial charge on any atom is 0.0705 e. The summed E-state index contributed by atoms with van der Waals surface area (Å²) >= 11 is 1.85.